The molecular weight excluding hydrogens is 254 g/mol. The van der Waals surface area contributed by atoms with Crippen LogP contribution in [0.3, 0.4) is 0 Å². The van der Waals surface area contributed by atoms with E-state index in [-0.39, 0.29) is 17.8 Å². The van der Waals surface area contributed by atoms with E-state index in [1.165, 1.54) is 0 Å². The van der Waals surface area contributed by atoms with Crippen LogP contribution in [-0.2, 0) is 14.3 Å². The van der Waals surface area contributed by atoms with Crippen LogP contribution in [0.1, 0.15) is 12.8 Å². The minimum absolute atomic E-state index is 0.114. The number of allylic oxidation sites excluding steroid dienone is 7. The molecule has 1 saturated heterocycles. The van der Waals surface area contributed by atoms with Gasteiger partial charge in [0.05, 0.1) is 6.61 Å². The van der Waals surface area contributed by atoms with Gasteiger partial charge in [0.25, 0.3) is 0 Å². The van der Waals surface area contributed by atoms with Crippen molar-refractivity contribution in [3.63, 3.8) is 0 Å². The summed E-state index contributed by atoms with van der Waals surface area (Å²) in [6, 6.07) is -0.472. The topological polar surface area (TPSA) is 55.4 Å². The smallest absolute Gasteiger partial charge is 0.328 e. The van der Waals surface area contributed by atoms with Crippen molar-refractivity contribution in [1.29, 1.82) is 0 Å². The molecule has 0 aromatic carbocycles. The normalized spacial score (nSPS) is 30.7. The van der Waals surface area contributed by atoms with Gasteiger partial charge in [0.15, 0.2) is 0 Å². The van der Waals surface area contributed by atoms with Gasteiger partial charge in [-0.3, -0.25) is 4.79 Å². The van der Waals surface area contributed by atoms with E-state index in [0.29, 0.717) is 25.4 Å². The molecule has 1 fully saturated rings. The van der Waals surface area contributed by atoms with Crippen LogP contribution in [0.25, 0.3) is 0 Å². The first-order chi connectivity index (χ1) is 9.74. The van der Waals surface area contributed by atoms with E-state index in [1.54, 1.807) is 0 Å². The number of fused-ring (bicyclic) bond motifs is 1. The number of esters is 1. The predicted molar refractivity (Wildman–Crippen MR) is 74.6 cm³/mol. The molecule has 3 atom stereocenters. The molecule has 0 spiro atoms. The Morgan fingerprint density at radius 2 is 2.05 bits per heavy atom. The van der Waals surface area contributed by atoms with Crippen LogP contribution in [0.4, 0.5) is 0 Å². The van der Waals surface area contributed by atoms with Gasteiger partial charge in [-0.05, 0) is 0 Å². The zero-order valence-electron chi connectivity index (χ0n) is 11.1. The Morgan fingerprint density at radius 1 is 1.25 bits per heavy atom. The SMILES string of the molecule is O=C(CC1=CC=CC2C=CC=CC12)NC1CCOC1=O. The molecule has 1 heterocycles. The van der Waals surface area contributed by atoms with Crippen LogP contribution in [0, 0.1) is 11.8 Å². The average molecular weight is 271 g/mol. The lowest BCUT2D eigenvalue weighted by atomic mass is 9.78. The van der Waals surface area contributed by atoms with Crippen LogP contribution in [-0.4, -0.2) is 24.5 Å². The summed E-state index contributed by atoms with van der Waals surface area (Å²) in [5.41, 5.74) is 1.09. The van der Waals surface area contributed by atoms with Gasteiger partial charge in [-0.1, -0.05) is 48.1 Å². The molecule has 0 radical (unpaired) electrons. The molecule has 3 unspecified atom stereocenters. The fourth-order valence-electron chi connectivity index (χ4n) is 2.83. The second-order valence-electron chi connectivity index (χ2n) is 5.25. The molecule has 1 N–H and O–H groups in total. The first kappa shape index (κ1) is 12.9. The van der Waals surface area contributed by atoms with Crippen molar-refractivity contribution >= 4 is 11.9 Å². The van der Waals surface area contributed by atoms with E-state index in [9.17, 15) is 9.59 Å². The zero-order valence-corrected chi connectivity index (χ0v) is 11.1. The molecule has 4 nitrogen and oxygen atoms in total. The Bertz CT molecular complexity index is 542. The first-order valence-electron chi connectivity index (χ1n) is 6.92. The maximum Gasteiger partial charge on any atom is 0.328 e. The number of hydrogen-bond acceptors (Lipinski definition) is 3. The highest BCUT2D eigenvalue weighted by atomic mass is 16.5. The van der Waals surface area contributed by atoms with Crippen molar-refractivity contribution in [2.24, 2.45) is 11.8 Å². The predicted octanol–water partition coefficient (Wildman–Crippen LogP) is 1.66. The molecule has 3 rings (SSSR count). The molecule has 2 aliphatic carbocycles. The molecule has 1 aliphatic heterocycles. The third-order valence-electron chi connectivity index (χ3n) is 3.88. The molecular formula is C16H17NO3. The Hall–Kier alpha value is -2.10. The fourth-order valence-corrected chi connectivity index (χ4v) is 2.83. The summed E-state index contributed by atoms with van der Waals surface area (Å²) < 4.78 is 4.84. The minimum atomic E-state index is -0.472. The lowest BCUT2D eigenvalue weighted by Crippen LogP contribution is -2.38. The molecule has 4 heteroatoms. The lowest BCUT2D eigenvalue weighted by Gasteiger charge is -2.27. The van der Waals surface area contributed by atoms with Gasteiger partial charge in [0.2, 0.25) is 5.91 Å². The van der Waals surface area contributed by atoms with Crippen LogP contribution in [0.15, 0.2) is 48.1 Å². The average Bonchev–Trinajstić information content (AvgIpc) is 2.85. The number of carbonyl (C=O) groups is 2. The number of ether oxygens (including phenoxy) is 1. The van der Waals surface area contributed by atoms with Gasteiger partial charge in [-0.25, -0.2) is 4.79 Å². The molecule has 3 aliphatic rings. The third kappa shape index (κ3) is 2.59. The number of hydrogen-bond donors (Lipinski definition) is 1. The molecule has 0 saturated carbocycles. The first-order valence-corrected chi connectivity index (χ1v) is 6.92. The van der Waals surface area contributed by atoms with Gasteiger partial charge >= 0.3 is 5.97 Å². The lowest BCUT2D eigenvalue weighted by molar-refractivity contribution is -0.141. The standard InChI is InChI=1S/C16H17NO3/c18-15(17-14-8-9-20-16(14)19)10-12-6-3-5-11-4-1-2-7-13(11)12/h1-7,11,13-14H,8-10H2,(H,17,18). The van der Waals surface area contributed by atoms with Crippen LogP contribution in [0.5, 0.6) is 0 Å². The number of rotatable bonds is 3. The van der Waals surface area contributed by atoms with Crippen molar-refractivity contribution in [3.8, 4) is 0 Å². The van der Waals surface area contributed by atoms with Gasteiger partial charge in [0, 0.05) is 24.7 Å². The molecule has 0 bridgehead atoms. The summed E-state index contributed by atoms with van der Waals surface area (Å²) in [6.45, 7) is 0.396. The maximum absolute atomic E-state index is 12.1. The highest BCUT2D eigenvalue weighted by molar-refractivity contribution is 5.86. The number of carbonyl (C=O) groups excluding carboxylic acids is 2. The third-order valence-corrected chi connectivity index (χ3v) is 3.88. The summed E-state index contributed by atoms with van der Waals surface area (Å²) in [5, 5.41) is 2.75. The van der Waals surface area contributed by atoms with Gasteiger partial charge in [-0.2, -0.15) is 0 Å². The number of cyclic esters (lactones) is 1. The second kappa shape index (κ2) is 5.49. The van der Waals surface area contributed by atoms with Crippen molar-refractivity contribution in [2.45, 2.75) is 18.9 Å². The van der Waals surface area contributed by atoms with Gasteiger partial charge in [0.1, 0.15) is 6.04 Å². The van der Waals surface area contributed by atoms with E-state index in [4.69, 9.17) is 4.74 Å². The van der Waals surface area contributed by atoms with E-state index in [2.05, 4.69) is 23.5 Å². The second-order valence-corrected chi connectivity index (χ2v) is 5.25. The molecule has 104 valence electrons. The van der Waals surface area contributed by atoms with Crippen LogP contribution < -0.4 is 5.32 Å². The highest BCUT2D eigenvalue weighted by Crippen LogP contribution is 2.32. The van der Waals surface area contributed by atoms with Crippen molar-refractivity contribution < 1.29 is 14.3 Å². The Morgan fingerprint density at radius 3 is 2.85 bits per heavy atom. The monoisotopic (exact) mass is 271 g/mol. The van der Waals surface area contributed by atoms with E-state index < -0.39 is 6.04 Å². The Labute approximate surface area is 117 Å². The van der Waals surface area contributed by atoms with Crippen molar-refractivity contribution in [3.05, 3.63) is 48.1 Å². The maximum atomic E-state index is 12.1. The van der Waals surface area contributed by atoms with Crippen molar-refractivity contribution in [1.82, 2.24) is 5.32 Å². The van der Waals surface area contributed by atoms with Crippen molar-refractivity contribution in [2.75, 3.05) is 6.61 Å². The fraction of sp³-hybridized carbons (Fsp3) is 0.375. The summed E-state index contributed by atoms with van der Waals surface area (Å²) in [5.74, 6) is 0.155. The minimum Gasteiger partial charge on any atom is -0.464 e. The Balaban J connectivity index is 1.62. The van der Waals surface area contributed by atoms with Gasteiger partial charge < -0.3 is 10.1 Å². The van der Waals surface area contributed by atoms with E-state index >= 15 is 0 Å². The summed E-state index contributed by atoms with van der Waals surface area (Å²) in [6.07, 6.45) is 15.3. The number of nitrogens with one attached hydrogen (secondary N) is 1. The summed E-state index contributed by atoms with van der Waals surface area (Å²) in [7, 11) is 0. The Kier molecular flexibility index (Phi) is 3.54. The quantitative estimate of drug-likeness (QED) is 0.794. The van der Waals surface area contributed by atoms with E-state index in [1.807, 2.05) is 24.3 Å². The van der Waals surface area contributed by atoms with Crippen LogP contribution >= 0.6 is 0 Å². The van der Waals surface area contributed by atoms with Gasteiger partial charge in [-0.15, -0.1) is 0 Å². The molecule has 1 amide bonds. The number of amides is 1. The molecule has 0 aromatic heterocycles. The van der Waals surface area contributed by atoms with E-state index in [0.717, 1.165) is 5.57 Å². The zero-order chi connectivity index (χ0) is 13.9. The largest absolute Gasteiger partial charge is 0.464 e. The molecule has 20 heavy (non-hydrogen) atoms. The van der Waals surface area contributed by atoms with Crippen LogP contribution in [0.2, 0.25) is 0 Å². The molecule has 0 aromatic rings. The highest BCUT2D eigenvalue weighted by Gasteiger charge is 2.29. The summed E-state index contributed by atoms with van der Waals surface area (Å²) in [4.78, 5) is 23.4. The summed E-state index contributed by atoms with van der Waals surface area (Å²) >= 11 is 0.